The second-order valence-corrected chi connectivity index (χ2v) is 9.14. The fourth-order valence-electron chi connectivity index (χ4n) is 2.38. The summed E-state index contributed by atoms with van der Waals surface area (Å²) in [5, 5.41) is 4.95. The van der Waals surface area contributed by atoms with Gasteiger partial charge in [-0.25, -0.2) is 13.4 Å². The van der Waals surface area contributed by atoms with Gasteiger partial charge in [0.2, 0.25) is 0 Å². The quantitative estimate of drug-likeness (QED) is 0.852. The van der Waals surface area contributed by atoms with Crippen LogP contribution in [0.1, 0.15) is 10.7 Å². The molecular weight excluding hydrogens is 326 g/mol. The van der Waals surface area contributed by atoms with Crippen molar-refractivity contribution in [3.05, 3.63) is 33.6 Å². The smallest absolute Gasteiger partial charge is 0.252 e. The Morgan fingerprint density at radius 3 is 2.57 bits per heavy atom. The maximum atomic E-state index is 12.4. The normalized spacial score (nSPS) is 18.1. The number of thiazole rings is 1. The number of hydrogen-bond acceptors (Lipinski definition) is 6. The molecular formula is C13H17N3O2S3. The van der Waals surface area contributed by atoms with Crippen molar-refractivity contribution < 1.29 is 8.42 Å². The number of piperazine rings is 1. The van der Waals surface area contributed by atoms with Gasteiger partial charge in [0.15, 0.2) is 0 Å². The van der Waals surface area contributed by atoms with Crippen LogP contribution in [0.15, 0.2) is 27.1 Å². The van der Waals surface area contributed by atoms with Gasteiger partial charge in [-0.05, 0) is 18.4 Å². The standard InChI is InChI=1S/C13H17N3O2S3/c1-11-14-12(10-20-11)9-15-4-6-16(7-5-15)21(17,18)13-3-2-8-19-13/h2-3,8,10H,4-7,9H2,1H3. The van der Waals surface area contributed by atoms with E-state index in [2.05, 4.69) is 15.3 Å². The summed E-state index contributed by atoms with van der Waals surface area (Å²) in [5.41, 5.74) is 1.08. The molecule has 0 aliphatic carbocycles. The number of nitrogens with zero attached hydrogens (tertiary/aromatic N) is 3. The van der Waals surface area contributed by atoms with Crippen molar-refractivity contribution in [2.24, 2.45) is 0 Å². The van der Waals surface area contributed by atoms with Crippen molar-refractivity contribution >= 4 is 32.7 Å². The monoisotopic (exact) mass is 343 g/mol. The molecule has 2 aromatic heterocycles. The first-order valence-corrected chi connectivity index (χ1v) is 9.92. The van der Waals surface area contributed by atoms with Crippen LogP contribution in [-0.4, -0.2) is 48.8 Å². The van der Waals surface area contributed by atoms with Crippen molar-refractivity contribution in [1.82, 2.24) is 14.2 Å². The van der Waals surface area contributed by atoms with Gasteiger partial charge in [0.05, 0.1) is 10.7 Å². The van der Waals surface area contributed by atoms with E-state index in [1.807, 2.05) is 6.92 Å². The van der Waals surface area contributed by atoms with Gasteiger partial charge < -0.3 is 0 Å². The SMILES string of the molecule is Cc1nc(CN2CCN(S(=O)(=O)c3cccs3)CC2)cs1. The molecule has 0 amide bonds. The highest BCUT2D eigenvalue weighted by molar-refractivity contribution is 7.91. The molecule has 0 spiro atoms. The van der Waals surface area contributed by atoms with Gasteiger partial charge >= 0.3 is 0 Å². The molecule has 0 N–H and O–H groups in total. The lowest BCUT2D eigenvalue weighted by atomic mass is 10.3. The average Bonchev–Trinajstić information content (AvgIpc) is 3.11. The minimum Gasteiger partial charge on any atom is -0.295 e. The first kappa shape index (κ1) is 15.1. The number of rotatable bonds is 4. The Hall–Kier alpha value is -0.800. The molecule has 3 heterocycles. The van der Waals surface area contributed by atoms with E-state index < -0.39 is 10.0 Å². The summed E-state index contributed by atoms with van der Waals surface area (Å²) >= 11 is 2.93. The van der Waals surface area contributed by atoms with E-state index in [0.717, 1.165) is 30.3 Å². The van der Waals surface area contributed by atoms with Crippen molar-refractivity contribution in [2.75, 3.05) is 26.2 Å². The summed E-state index contributed by atoms with van der Waals surface area (Å²) in [5.74, 6) is 0. The van der Waals surface area contributed by atoms with Crippen molar-refractivity contribution in [3.63, 3.8) is 0 Å². The number of aromatic nitrogens is 1. The van der Waals surface area contributed by atoms with Crippen LogP contribution < -0.4 is 0 Å². The fourth-order valence-corrected chi connectivity index (χ4v) is 5.55. The van der Waals surface area contributed by atoms with Gasteiger partial charge in [0.1, 0.15) is 4.21 Å². The van der Waals surface area contributed by atoms with Crippen molar-refractivity contribution in [2.45, 2.75) is 17.7 Å². The first-order chi connectivity index (χ1) is 10.1. The summed E-state index contributed by atoms with van der Waals surface area (Å²) in [6, 6.07) is 3.45. The Labute approximate surface area is 132 Å². The second kappa shape index (κ2) is 6.13. The highest BCUT2D eigenvalue weighted by atomic mass is 32.2. The highest BCUT2D eigenvalue weighted by Crippen LogP contribution is 2.22. The van der Waals surface area contributed by atoms with Gasteiger partial charge in [0.25, 0.3) is 10.0 Å². The fraction of sp³-hybridized carbons (Fsp3) is 0.462. The van der Waals surface area contributed by atoms with Crippen LogP contribution in [0.5, 0.6) is 0 Å². The van der Waals surface area contributed by atoms with Crippen molar-refractivity contribution in [1.29, 1.82) is 0 Å². The summed E-state index contributed by atoms with van der Waals surface area (Å²) < 4.78 is 26.9. The molecule has 1 saturated heterocycles. The molecule has 5 nitrogen and oxygen atoms in total. The maximum Gasteiger partial charge on any atom is 0.252 e. The lowest BCUT2D eigenvalue weighted by Crippen LogP contribution is -2.48. The van der Waals surface area contributed by atoms with Crippen LogP contribution in [-0.2, 0) is 16.6 Å². The van der Waals surface area contributed by atoms with Crippen LogP contribution in [0.2, 0.25) is 0 Å². The lowest BCUT2D eigenvalue weighted by Gasteiger charge is -2.33. The van der Waals surface area contributed by atoms with E-state index >= 15 is 0 Å². The molecule has 1 fully saturated rings. The molecule has 21 heavy (non-hydrogen) atoms. The third-order valence-corrected chi connectivity index (χ3v) is 7.57. The Kier molecular flexibility index (Phi) is 4.41. The van der Waals surface area contributed by atoms with Gasteiger partial charge in [-0.2, -0.15) is 4.31 Å². The topological polar surface area (TPSA) is 53.5 Å². The number of hydrogen-bond donors (Lipinski definition) is 0. The summed E-state index contributed by atoms with van der Waals surface area (Å²) in [4.78, 5) is 6.72. The van der Waals surface area contributed by atoms with Crippen LogP contribution in [0.4, 0.5) is 0 Å². The van der Waals surface area contributed by atoms with Gasteiger partial charge in [0, 0.05) is 38.1 Å². The molecule has 0 aromatic carbocycles. The molecule has 8 heteroatoms. The molecule has 1 aliphatic heterocycles. The Morgan fingerprint density at radius 1 is 1.24 bits per heavy atom. The summed E-state index contributed by atoms with van der Waals surface area (Å²) in [6.07, 6.45) is 0. The average molecular weight is 343 g/mol. The first-order valence-electron chi connectivity index (χ1n) is 6.73. The number of thiophene rings is 1. The molecule has 1 aliphatic rings. The number of aryl methyl sites for hydroxylation is 1. The zero-order valence-electron chi connectivity index (χ0n) is 11.7. The molecule has 0 unspecified atom stereocenters. The molecule has 3 rings (SSSR count). The summed E-state index contributed by atoms with van der Waals surface area (Å²) in [7, 11) is -3.30. The lowest BCUT2D eigenvalue weighted by molar-refractivity contribution is 0.180. The van der Waals surface area contributed by atoms with Gasteiger partial charge in [-0.3, -0.25) is 4.90 Å². The summed E-state index contributed by atoms with van der Waals surface area (Å²) in [6.45, 7) is 5.39. The predicted molar refractivity (Wildman–Crippen MR) is 85.2 cm³/mol. The third-order valence-electron chi connectivity index (χ3n) is 3.47. The second-order valence-electron chi connectivity index (χ2n) is 4.97. The Morgan fingerprint density at radius 2 is 2.00 bits per heavy atom. The van der Waals surface area contributed by atoms with E-state index in [9.17, 15) is 8.42 Å². The Balaban J connectivity index is 1.60. The molecule has 0 atom stereocenters. The van der Waals surface area contributed by atoms with Crippen molar-refractivity contribution in [3.8, 4) is 0 Å². The van der Waals surface area contributed by atoms with E-state index in [0.29, 0.717) is 17.3 Å². The molecule has 0 saturated carbocycles. The largest absolute Gasteiger partial charge is 0.295 e. The predicted octanol–water partition coefficient (Wildman–Crippen LogP) is 2.02. The molecule has 114 valence electrons. The van der Waals surface area contributed by atoms with Crippen LogP contribution >= 0.6 is 22.7 Å². The molecule has 0 bridgehead atoms. The van der Waals surface area contributed by atoms with Crippen LogP contribution in [0.25, 0.3) is 0 Å². The molecule has 0 radical (unpaired) electrons. The van der Waals surface area contributed by atoms with Crippen LogP contribution in [0.3, 0.4) is 0 Å². The Bertz CT molecular complexity index is 686. The molecule has 2 aromatic rings. The third kappa shape index (κ3) is 3.35. The van der Waals surface area contributed by atoms with Gasteiger partial charge in [-0.1, -0.05) is 6.07 Å². The van der Waals surface area contributed by atoms with E-state index in [4.69, 9.17) is 0 Å². The van der Waals surface area contributed by atoms with Gasteiger partial charge in [-0.15, -0.1) is 22.7 Å². The zero-order chi connectivity index (χ0) is 14.9. The minimum absolute atomic E-state index is 0.436. The minimum atomic E-state index is -3.30. The highest BCUT2D eigenvalue weighted by Gasteiger charge is 2.29. The van der Waals surface area contributed by atoms with Crippen LogP contribution in [0, 0.1) is 6.92 Å². The zero-order valence-corrected chi connectivity index (χ0v) is 14.2. The van der Waals surface area contributed by atoms with E-state index in [-0.39, 0.29) is 0 Å². The number of sulfonamides is 1. The maximum absolute atomic E-state index is 12.4. The van der Waals surface area contributed by atoms with E-state index in [1.165, 1.54) is 11.3 Å². The van der Waals surface area contributed by atoms with E-state index in [1.54, 1.807) is 33.2 Å².